The van der Waals surface area contributed by atoms with E-state index in [0.29, 0.717) is 0 Å². The van der Waals surface area contributed by atoms with Crippen LogP contribution in [-0.4, -0.2) is 52.0 Å². The van der Waals surface area contributed by atoms with Crippen molar-refractivity contribution in [1.29, 1.82) is 0 Å². The number of aliphatic imine (C=N–C) groups is 1. The molecule has 0 radical (unpaired) electrons. The summed E-state index contributed by atoms with van der Waals surface area (Å²) in [5, 5.41) is 6.68. The Morgan fingerprint density at radius 2 is 2.09 bits per heavy atom. The van der Waals surface area contributed by atoms with Gasteiger partial charge < -0.3 is 20.1 Å². The molecule has 0 spiro atoms. The summed E-state index contributed by atoms with van der Waals surface area (Å²) in [5.41, 5.74) is 1.49. The topological polar surface area (TPSA) is 54.9 Å². The normalized spacial score (nSPS) is 14.9. The standard InChI is InChI=1S/C17H33N3O2.HI/c1-3-5-12-21-13-6-10-19-17(18-4-2)20-11-7-16-8-14-22-15-9-16;/h8H,3-7,9-15H2,1-2H3,(H2,18,19,20);1H. The molecule has 23 heavy (non-hydrogen) atoms. The maximum Gasteiger partial charge on any atom is 0.191 e. The average molecular weight is 439 g/mol. The van der Waals surface area contributed by atoms with Gasteiger partial charge in [0.25, 0.3) is 0 Å². The third-order valence-electron chi connectivity index (χ3n) is 3.50. The number of halogens is 1. The number of rotatable bonds is 11. The molecule has 0 saturated carbocycles. The van der Waals surface area contributed by atoms with E-state index in [2.05, 4.69) is 35.5 Å². The molecule has 0 bridgehead atoms. The van der Waals surface area contributed by atoms with Crippen LogP contribution in [0.3, 0.4) is 0 Å². The molecule has 1 rings (SSSR count). The first-order valence-corrected chi connectivity index (χ1v) is 8.72. The van der Waals surface area contributed by atoms with Crippen LogP contribution in [0.5, 0.6) is 0 Å². The molecule has 0 fully saturated rings. The van der Waals surface area contributed by atoms with Crippen LogP contribution in [-0.2, 0) is 9.47 Å². The molecule has 0 amide bonds. The first-order chi connectivity index (χ1) is 10.9. The van der Waals surface area contributed by atoms with Crippen LogP contribution in [0.4, 0.5) is 0 Å². The van der Waals surface area contributed by atoms with Crippen molar-refractivity contribution in [3.8, 4) is 0 Å². The van der Waals surface area contributed by atoms with Gasteiger partial charge in [0.05, 0.1) is 13.2 Å². The summed E-state index contributed by atoms with van der Waals surface area (Å²) in [6.45, 7) is 10.2. The van der Waals surface area contributed by atoms with E-state index in [9.17, 15) is 0 Å². The minimum absolute atomic E-state index is 0. The molecule has 0 aromatic carbocycles. The van der Waals surface area contributed by atoms with Gasteiger partial charge in [-0.1, -0.05) is 25.0 Å². The van der Waals surface area contributed by atoms with Crippen LogP contribution >= 0.6 is 24.0 Å². The highest BCUT2D eigenvalue weighted by Gasteiger charge is 2.04. The Labute approximate surface area is 158 Å². The zero-order chi connectivity index (χ0) is 15.9. The summed E-state index contributed by atoms with van der Waals surface area (Å²) in [5.74, 6) is 0.906. The van der Waals surface area contributed by atoms with Gasteiger partial charge in [0.2, 0.25) is 0 Å². The predicted octanol–water partition coefficient (Wildman–Crippen LogP) is 3.10. The Morgan fingerprint density at radius 1 is 1.26 bits per heavy atom. The Hall–Kier alpha value is -0.340. The van der Waals surface area contributed by atoms with Gasteiger partial charge in [0.15, 0.2) is 5.96 Å². The second-order valence-corrected chi connectivity index (χ2v) is 5.44. The third-order valence-corrected chi connectivity index (χ3v) is 3.50. The molecule has 0 aromatic rings. The smallest absolute Gasteiger partial charge is 0.191 e. The van der Waals surface area contributed by atoms with Crippen LogP contribution in [0.25, 0.3) is 0 Å². The molecule has 0 aromatic heterocycles. The summed E-state index contributed by atoms with van der Waals surface area (Å²) >= 11 is 0. The SMILES string of the molecule is CCCCOCCCN=C(NCC)NCCC1=CCOCC1.I. The number of guanidine groups is 1. The van der Waals surface area contributed by atoms with E-state index in [4.69, 9.17) is 9.47 Å². The lowest BCUT2D eigenvalue weighted by Crippen LogP contribution is -2.38. The van der Waals surface area contributed by atoms with Crippen molar-refractivity contribution >= 4 is 29.9 Å². The van der Waals surface area contributed by atoms with Gasteiger partial charge in [-0.05, 0) is 32.6 Å². The summed E-state index contributed by atoms with van der Waals surface area (Å²) < 4.78 is 10.9. The van der Waals surface area contributed by atoms with Crippen LogP contribution in [0.2, 0.25) is 0 Å². The molecule has 0 saturated heterocycles. The molecular weight excluding hydrogens is 405 g/mol. The van der Waals surface area contributed by atoms with Gasteiger partial charge in [-0.2, -0.15) is 0 Å². The number of ether oxygens (including phenoxy) is 2. The lowest BCUT2D eigenvalue weighted by molar-refractivity contribution is 0.130. The monoisotopic (exact) mass is 439 g/mol. The maximum atomic E-state index is 5.55. The molecule has 136 valence electrons. The van der Waals surface area contributed by atoms with Crippen LogP contribution in [0.15, 0.2) is 16.6 Å². The van der Waals surface area contributed by atoms with Gasteiger partial charge in [0.1, 0.15) is 0 Å². The second-order valence-electron chi connectivity index (χ2n) is 5.44. The second kappa shape index (κ2) is 16.5. The van der Waals surface area contributed by atoms with E-state index in [0.717, 1.165) is 77.7 Å². The van der Waals surface area contributed by atoms with E-state index in [1.54, 1.807) is 0 Å². The van der Waals surface area contributed by atoms with E-state index < -0.39 is 0 Å². The van der Waals surface area contributed by atoms with Crippen molar-refractivity contribution in [2.24, 2.45) is 4.99 Å². The van der Waals surface area contributed by atoms with Crippen LogP contribution in [0.1, 0.15) is 46.0 Å². The van der Waals surface area contributed by atoms with Crippen LogP contribution < -0.4 is 10.6 Å². The molecule has 1 heterocycles. The molecule has 2 N–H and O–H groups in total. The zero-order valence-electron chi connectivity index (χ0n) is 14.7. The van der Waals surface area contributed by atoms with Gasteiger partial charge in [-0.3, -0.25) is 4.99 Å². The molecule has 0 atom stereocenters. The molecule has 1 aliphatic rings. The molecule has 6 heteroatoms. The number of hydrogen-bond acceptors (Lipinski definition) is 3. The highest BCUT2D eigenvalue weighted by molar-refractivity contribution is 14.0. The summed E-state index contributed by atoms with van der Waals surface area (Å²) in [4.78, 5) is 4.58. The van der Waals surface area contributed by atoms with Gasteiger partial charge in [0, 0.05) is 32.8 Å². The number of nitrogens with one attached hydrogen (secondary N) is 2. The van der Waals surface area contributed by atoms with Crippen molar-refractivity contribution in [2.75, 3.05) is 46.1 Å². The summed E-state index contributed by atoms with van der Waals surface area (Å²) in [6.07, 6.45) is 7.63. The molecule has 0 unspecified atom stereocenters. The van der Waals surface area contributed by atoms with Crippen molar-refractivity contribution in [1.82, 2.24) is 10.6 Å². The zero-order valence-corrected chi connectivity index (χ0v) is 17.1. The minimum Gasteiger partial charge on any atom is -0.381 e. The first kappa shape index (κ1) is 22.7. The lowest BCUT2D eigenvalue weighted by Gasteiger charge is -2.15. The highest BCUT2D eigenvalue weighted by atomic mass is 127. The predicted molar refractivity (Wildman–Crippen MR) is 108 cm³/mol. The van der Waals surface area contributed by atoms with E-state index in [1.165, 1.54) is 12.0 Å². The number of unbranched alkanes of at least 4 members (excludes halogenated alkanes) is 1. The highest BCUT2D eigenvalue weighted by Crippen LogP contribution is 2.10. The Morgan fingerprint density at radius 3 is 2.78 bits per heavy atom. The third kappa shape index (κ3) is 12.7. The largest absolute Gasteiger partial charge is 0.381 e. The van der Waals surface area contributed by atoms with Gasteiger partial charge >= 0.3 is 0 Å². The fourth-order valence-corrected chi connectivity index (χ4v) is 2.18. The summed E-state index contributed by atoms with van der Waals surface area (Å²) in [6, 6.07) is 0. The number of hydrogen-bond donors (Lipinski definition) is 2. The number of nitrogens with zero attached hydrogens (tertiary/aromatic N) is 1. The lowest BCUT2D eigenvalue weighted by atomic mass is 10.1. The van der Waals surface area contributed by atoms with Crippen LogP contribution in [0, 0.1) is 0 Å². The fourth-order valence-electron chi connectivity index (χ4n) is 2.18. The van der Waals surface area contributed by atoms with Crippen molar-refractivity contribution in [3.05, 3.63) is 11.6 Å². The Kier molecular flexibility index (Phi) is 16.3. The average Bonchev–Trinajstić information content (AvgIpc) is 2.55. The van der Waals surface area contributed by atoms with E-state index >= 15 is 0 Å². The van der Waals surface area contributed by atoms with Gasteiger partial charge in [-0.25, -0.2) is 0 Å². The van der Waals surface area contributed by atoms with Crippen molar-refractivity contribution < 1.29 is 9.47 Å². The molecule has 1 aliphatic heterocycles. The molecular formula is C17H34IN3O2. The van der Waals surface area contributed by atoms with Crippen molar-refractivity contribution in [2.45, 2.75) is 46.0 Å². The van der Waals surface area contributed by atoms with E-state index in [-0.39, 0.29) is 24.0 Å². The molecule has 5 nitrogen and oxygen atoms in total. The quantitative estimate of drug-likeness (QED) is 0.171. The summed E-state index contributed by atoms with van der Waals surface area (Å²) in [7, 11) is 0. The van der Waals surface area contributed by atoms with Crippen molar-refractivity contribution in [3.63, 3.8) is 0 Å². The Balaban J connectivity index is 0.00000484. The minimum atomic E-state index is 0. The van der Waals surface area contributed by atoms with E-state index in [1.807, 2.05) is 0 Å². The Bertz CT molecular complexity index is 336. The molecule has 0 aliphatic carbocycles. The van der Waals surface area contributed by atoms with Gasteiger partial charge in [-0.15, -0.1) is 24.0 Å². The fraction of sp³-hybridized carbons (Fsp3) is 0.824. The first-order valence-electron chi connectivity index (χ1n) is 8.72. The maximum absolute atomic E-state index is 5.55.